The Hall–Kier alpha value is -1.54. The van der Waals surface area contributed by atoms with E-state index in [9.17, 15) is 5.11 Å². The summed E-state index contributed by atoms with van der Waals surface area (Å²) in [5.41, 5.74) is 7.09. The number of hydrogen-bond acceptors (Lipinski definition) is 4. The number of likely N-dealkylation sites (tertiary alicyclic amines) is 1. The molecule has 3 N–H and O–H groups in total. The van der Waals surface area contributed by atoms with Gasteiger partial charge in [0, 0.05) is 25.2 Å². The molecule has 1 saturated heterocycles. The summed E-state index contributed by atoms with van der Waals surface area (Å²) in [5, 5.41) is 10.0. The first-order chi connectivity index (χ1) is 10.0. The maximum absolute atomic E-state index is 10.0. The lowest BCUT2D eigenvalue weighted by molar-refractivity contribution is -0.00732. The number of nitrogens with zero attached hydrogens (tertiary/aromatic N) is 1. The molecule has 0 aliphatic carbocycles. The Morgan fingerprint density at radius 2 is 2.10 bits per heavy atom. The number of rotatable bonds is 3. The van der Waals surface area contributed by atoms with Crippen LogP contribution in [0.15, 0.2) is 18.2 Å². The minimum Gasteiger partial charge on any atom is -0.497 e. The molecule has 21 heavy (non-hydrogen) atoms. The molecule has 2 rings (SSSR count). The van der Waals surface area contributed by atoms with Crippen molar-refractivity contribution >= 4 is 0 Å². The molecule has 1 aliphatic heterocycles. The van der Waals surface area contributed by atoms with Crippen molar-refractivity contribution in [2.45, 2.75) is 31.9 Å². The van der Waals surface area contributed by atoms with Gasteiger partial charge in [-0.2, -0.15) is 0 Å². The predicted octanol–water partition coefficient (Wildman–Crippen LogP) is 1.35. The number of ether oxygens (including phenoxy) is 1. The Balaban J connectivity index is 2.14. The van der Waals surface area contributed by atoms with Gasteiger partial charge in [0.15, 0.2) is 0 Å². The third kappa shape index (κ3) is 4.47. The van der Waals surface area contributed by atoms with E-state index in [1.807, 2.05) is 25.1 Å². The zero-order chi connectivity index (χ0) is 15.3. The molecule has 4 nitrogen and oxygen atoms in total. The molecule has 0 radical (unpaired) electrons. The molecule has 1 aromatic carbocycles. The molecular weight excluding hydrogens is 264 g/mol. The molecule has 0 spiro atoms. The fourth-order valence-electron chi connectivity index (χ4n) is 2.53. The van der Waals surface area contributed by atoms with E-state index in [4.69, 9.17) is 10.5 Å². The summed E-state index contributed by atoms with van der Waals surface area (Å²) in [7, 11) is 1.67. The second-order valence-electron chi connectivity index (χ2n) is 5.80. The molecule has 0 aromatic heterocycles. The van der Waals surface area contributed by atoms with Crippen LogP contribution in [0, 0.1) is 11.8 Å². The average molecular weight is 288 g/mol. The van der Waals surface area contributed by atoms with Gasteiger partial charge in [0.1, 0.15) is 5.75 Å². The largest absolute Gasteiger partial charge is 0.497 e. The number of piperidine rings is 1. The van der Waals surface area contributed by atoms with Crippen molar-refractivity contribution in [1.82, 2.24) is 4.90 Å². The molecule has 114 valence electrons. The van der Waals surface area contributed by atoms with Gasteiger partial charge in [-0.3, -0.25) is 4.90 Å². The van der Waals surface area contributed by atoms with Gasteiger partial charge in [-0.25, -0.2) is 0 Å². The summed E-state index contributed by atoms with van der Waals surface area (Å²) in [4.78, 5) is 2.35. The summed E-state index contributed by atoms with van der Waals surface area (Å²) in [6.45, 7) is 4.88. The Morgan fingerprint density at radius 1 is 1.38 bits per heavy atom. The molecular formula is C17H24N2O2. The van der Waals surface area contributed by atoms with Gasteiger partial charge in [0.25, 0.3) is 0 Å². The van der Waals surface area contributed by atoms with Crippen molar-refractivity contribution in [2.75, 3.05) is 26.7 Å². The molecule has 0 bridgehead atoms. The van der Waals surface area contributed by atoms with Crippen LogP contribution in [0.1, 0.15) is 30.9 Å². The summed E-state index contributed by atoms with van der Waals surface area (Å²) in [6.07, 6.45) is 1.61. The second kappa shape index (κ2) is 6.95. The van der Waals surface area contributed by atoms with E-state index in [2.05, 4.69) is 16.7 Å². The molecule has 1 heterocycles. The van der Waals surface area contributed by atoms with Crippen LogP contribution in [0.3, 0.4) is 0 Å². The Kier molecular flexibility index (Phi) is 5.24. The first kappa shape index (κ1) is 15.8. The third-order valence-corrected chi connectivity index (χ3v) is 3.96. The van der Waals surface area contributed by atoms with Crippen LogP contribution in [-0.2, 0) is 6.54 Å². The smallest absolute Gasteiger partial charge is 0.119 e. The Labute approximate surface area is 126 Å². The molecule has 0 amide bonds. The van der Waals surface area contributed by atoms with E-state index in [0.29, 0.717) is 6.54 Å². The van der Waals surface area contributed by atoms with Crippen LogP contribution in [-0.4, -0.2) is 42.4 Å². The standard InChI is InChI=1S/C17H24N2O2/c1-17(20)7-10-19(11-8-17)13-15-12-16(21-2)6-5-14(15)4-3-9-18/h5-6,12,20H,7-11,13,18H2,1-2H3. The number of nitrogens with two attached hydrogens (primary N) is 1. The van der Waals surface area contributed by atoms with Crippen LogP contribution >= 0.6 is 0 Å². The number of benzene rings is 1. The van der Waals surface area contributed by atoms with E-state index in [0.717, 1.165) is 49.4 Å². The van der Waals surface area contributed by atoms with E-state index in [1.165, 1.54) is 0 Å². The van der Waals surface area contributed by atoms with E-state index in [1.54, 1.807) is 7.11 Å². The molecule has 0 atom stereocenters. The van der Waals surface area contributed by atoms with Crippen LogP contribution in [0.2, 0.25) is 0 Å². The molecule has 1 aliphatic rings. The summed E-state index contributed by atoms with van der Waals surface area (Å²) in [5.74, 6) is 6.87. The van der Waals surface area contributed by atoms with Crippen LogP contribution in [0.4, 0.5) is 0 Å². The number of methoxy groups -OCH3 is 1. The van der Waals surface area contributed by atoms with Gasteiger partial charge in [0.2, 0.25) is 0 Å². The first-order valence-electron chi connectivity index (χ1n) is 7.35. The molecule has 0 unspecified atom stereocenters. The molecule has 1 aromatic rings. The highest BCUT2D eigenvalue weighted by Gasteiger charge is 2.27. The SMILES string of the molecule is COc1ccc(C#CCN)c(CN2CCC(C)(O)CC2)c1. The minimum atomic E-state index is -0.521. The second-order valence-corrected chi connectivity index (χ2v) is 5.80. The van der Waals surface area contributed by atoms with Gasteiger partial charge in [-0.15, -0.1) is 0 Å². The fraction of sp³-hybridized carbons (Fsp3) is 0.529. The quantitative estimate of drug-likeness (QED) is 0.824. The molecule has 0 saturated carbocycles. The van der Waals surface area contributed by atoms with Gasteiger partial charge >= 0.3 is 0 Å². The van der Waals surface area contributed by atoms with Crippen molar-refractivity contribution in [3.63, 3.8) is 0 Å². The van der Waals surface area contributed by atoms with Gasteiger partial charge in [0.05, 0.1) is 19.3 Å². The van der Waals surface area contributed by atoms with Crippen molar-refractivity contribution < 1.29 is 9.84 Å². The molecule has 4 heteroatoms. The summed E-state index contributed by atoms with van der Waals surface area (Å²) < 4.78 is 5.31. The van der Waals surface area contributed by atoms with E-state index < -0.39 is 5.60 Å². The van der Waals surface area contributed by atoms with Gasteiger partial charge < -0.3 is 15.6 Å². The van der Waals surface area contributed by atoms with Gasteiger partial charge in [-0.1, -0.05) is 11.8 Å². The first-order valence-corrected chi connectivity index (χ1v) is 7.35. The topological polar surface area (TPSA) is 58.7 Å². The van der Waals surface area contributed by atoms with Crippen molar-refractivity contribution in [3.8, 4) is 17.6 Å². The highest BCUT2D eigenvalue weighted by atomic mass is 16.5. The van der Waals surface area contributed by atoms with Crippen molar-refractivity contribution in [3.05, 3.63) is 29.3 Å². The van der Waals surface area contributed by atoms with Crippen molar-refractivity contribution in [1.29, 1.82) is 0 Å². The predicted molar refractivity (Wildman–Crippen MR) is 84.1 cm³/mol. The zero-order valence-corrected chi connectivity index (χ0v) is 12.9. The average Bonchev–Trinajstić information content (AvgIpc) is 2.48. The highest BCUT2D eigenvalue weighted by Crippen LogP contribution is 2.24. The zero-order valence-electron chi connectivity index (χ0n) is 12.9. The minimum absolute atomic E-state index is 0.359. The lowest BCUT2D eigenvalue weighted by atomic mass is 9.93. The van der Waals surface area contributed by atoms with Crippen LogP contribution in [0.25, 0.3) is 0 Å². The number of aliphatic hydroxyl groups is 1. The number of hydrogen-bond donors (Lipinski definition) is 2. The van der Waals surface area contributed by atoms with Gasteiger partial charge in [-0.05, 0) is 43.5 Å². The summed E-state index contributed by atoms with van der Waals surface area (Å²) >= 11 is 0. The van der Waals surface area contributed by atoms with E-state index >= 15 is 0 Å². The fourth-order valence-corrected chi connectivity index (χ4v) is 2.53. The van der Waals surface area contributed by atoms with Crippen LogP contribution < -0.4 is 10.5 Å². The normalized spacial score (nSPS) is 17.9. The van der Waals surface area contributed by atoms with Crippen molar-refractivity contribution in [2.24, 2.45) is 5.73 Å². The maximum Gasteiger partial charge on any atom is 0.119 e. The lowest BCUT2D eigenvalue weighted by Crippen LogP contribution is -2.42. The highest BCUT2D eigenvalue weighted by molar-refractivity contribution is 5.45. The maximum atomic E-state index is 10.0. The monoisotopic (exact) mass is 288 g/mol. The lowest BCUT2D eigenvalue weighted by Gasteiger charge is -2.35. The Morgan fingerprint density at radius 3 is 2.71 bits per heavy atom. The van der Waals surface area contributed by atoms with E-state index in [-0.39, 0.29) is 0 Å². The Bertz CT molecular complexity index is 533. The van der Waals surface area contributed by atoms with Crippen LogP contribution in [0.5, 0.6) is 5.75 Å². The third-order valence-electron chi connectivity index (χ3n) is 3.96. The molecule has 1 fully saturated rings. The summed E-state index contributed by atoms with van der Waals surface area (Å²) in [6, 6.07) is 5.94.